The number of benzene rings is 1. The number of hydrogen-bond donors (Lipinski definition) is 1. The van der Waals surface area contributed by atoms with Gasteiger partial charge in [0.15, 0.2) is 0 Å². The topological polar surface area (TPSA) is 63.2 Å². The fourth-order valence-electron chi connectivity index (χ4n) is 2.11. The first-order valence-corrected chi connectivity index (χ1v) is 7.44. The van der Waals surface area contributed by atoms with E-state index in [4.69, 9.17) is 0 Å². The van der Waals surface area contributed by atoms with E-state index in [1.165, 1.54) is 12.1 Å². The van der Waals surface area contributed by atoms with Gasteiger partial charge in [-0.1, -0.05) is 6.07 Å². The lowest BCUT2D eigenvalue weighted by atomic mass is 9.90. The lowest BCUT2D eigenvalue weighted by Crippen LogP contribution is -2.40. The van der Waals surface area contributed by atoms with E-state index >= 15 is 0 Å². The molecule has 1 amide bonds. The minimum absolute atomic E-state index is 0.0847. The maximum atomic E-state index is 12.2. The molecule has 1 aliphatic rings. The molecular formula is C12H12F3NO3S. The highest BCUT2D eigenvalue weighted by Crippen LogP contribution is 2.24. The second kappa shape index (κ2) is 5.08. The summed E-state index contributed by atoms with van der Waals surface area (Å²) in [6.07, 6.45) is 3.57. The zero-order chi connectivity index (χ0) is 15.0. The van der Waals surface area contributed by atoms with Gasteiger partial charge < -0.3 is 0 Å². The Labute approximate surface area is 114 Å². The van der Waals surface area contributed by atoms with Crippen LogP contribution in [0.25, 0.3) is 0 Å². The molecule has 1 aromatic carbocycles. The molecule has 0 unspecified atom stereocenters. The zero-order valence-electron chi connectivity index (χ0n) is 10.3. The third-order valence-electron chi connectivity index (χ3n) is 3.14. The molecule has 8 heteroatoms. The van der Waals surface area contributed by atoms with Crippen molar-refractivity contribution in [1.29, 1.82) is 0 Å². The molecule has 110 valence electrons. The molecule has 4 nitrogen and oxygen atoms in total. The molecule has 0 radical (unpaired) electrons. The standard InChI is InChI=1S/C12H12F3NO3S/c13-12(14,15)20(18,19)16-11(17)10-6-5-8-3-1-2-4-9(8)7-10/h5-7H,1-4H2,(H,16,17). The van der Waals surface area contributed by atoms with Gasteiger partial charge in [0.25, 0.3) is 5.91 Å². The van der Waals surface area contributed by atoms with E-state index < -0.39 is 21.4 Å². The fourth-order valence-corrected chi connectivity index (χ4v) is 2.59. The van der Waals surface area contributed by atoms with Crippen molar-refractivity contribution < 1.29 is 26.4 Å². The third-order valence-corrected chi connectivity index (χ3v) is 4.21. The lowest BCUT2D eigenvalue weighted by Gasteiger charge is -2.16. The molecular weight excluding hydrogens is 295 g/mol. The first-order chi connectivity index (χ1) is 9.21. The third kappa shape index (κ3) is 2.95. The summed E-state index contributed by atoms with van der Waals surface area (Å²) in [6.45, 7) is 0. The Kier molecular flexibility index (Phi) is 3.77. The number of rotatable bonds is 2. The molecule has 20 heavy (non-hydrogen) atoms. The number of fused-ring (bicyclic) bond motifs is 1. The highest BCUT2D eigenvalue weighted by molar-refractivity contribution is 7.90. The Hall–Kier alpha value is -1.57. The summed E-state index contributed by atoms with van der Waals surface area (Å²) in [7, 11) is -5.67. The highest BCUT2D eigenvalue weighted by Gasteiger charge is 2.47. The maximum absolute atomic E-state index is 12.2. The molecule has 0 fully saturated rings. The van der Waals surface area contributed by atoms with E-state index in [1.54, 1.807) is 6.07 Å². The monoisotopic (exact) mass is 307 g/mol. The van der Waals surface area contributed by atoms with Crippen LogP contribution in [0, 0.1) is 0 Å². The van der Waals surface area contributed by atoms with Gasteiger partial charge in [0.05, 0.1) is 0 Å². The fraction of sp³-hybridized carbons (Fsp3) is 0.417. The normalized spacial score (nSPS) is 15.6. The van der Waals surface area contributed by atoms with E-state index in [1.807, 2.05) is 0 Å². The number of carbonyl (C=O) groups excluding carboxylic acids is 1. The number of amides is 1. The molecule has 1 aromatic rings. The number of halogens is 3. The van der Waals surface area contributed by atoms with Crippen LogP contribution in [0.5, 0.6) is 0 Å². The Morgan fingerprint density at radius 2 is 1.70 bits per heavy atom. The van der Waals surface area contributed by atoms with Crippen molar-refractivity contribution in [3.63, 3.8) is 0 Å². The average Bonchev–Trinajstić information content (AvgIpc) is 2.36. The van der Waals surface area contributed by atoms with E-state index in [-0.39, 0.29) is 5.56 Å². The zero-order valence-corrected chi connectivity index (χ0v) is 11.1. The van der Waals surface area contributed by atoms with Crippen LogP contribution in [-0.4, -0.2) is 19.8 Å². The Morgan fingerprint density at radius 1 is 1.10 bits per heavy atom. The summed E-state index contributed by atoms with van der Waals surface area (Å²) in [4.78, 5) is 11.6. The summed E-state index contributed by atoms with van der Waals surface area (Å²) >= 11 is 0. The smallest absolute Gasteiger partial charge is 0.268 e. The number of hydrogen-bond acceptors (Lipinski definition) is 3. The van der Waals surface area contributed by atoms with Gasteiger partial charge in [-0.2, -0.15) is 21.6 Å². The van der Waals surface area contributed by atoms with Crippen LogP contribution in [0.15, 0.2) is 18.2 Å². The number of aryl methyl sites for hydroxylation is 2. The average molecular weight is 307 g/mol. The van der Waals surface area contributed by atoms with Crippen molar-refractivity contribution in [2.24, 2.45) is 0 Å². The SMILES string of the molecule is O=C(NS(=O)(=O)C(F)(F)F)c1ccc2c(c1)CCCC2. The van der Waals surface area contributed by atoms with Crippen molar-refractivity contribution in [2.75, 3.05) is 0 Å². The van der Waals surface area contributed by atoms with Gasteiger partial charge in [0.2, 0.25) is 0 Å². The molecule has 0 aromatic heterocycles. The van der Waals surface area contributed by atoms with Crippen LogP contribution in [-0.2, 0) is 22.9 Å². The van der Waals surface area contributed by atoms with Crippen molar-refractivity contribution in [3.8, 4) is 0 Å². The highest BCUT2D eigenvalue weighted by atomic mass is 32.2. The number of carbonyl (C=O) groups is 1. The minimum Gasteiger partial charge on any atom is -0.268 e. The van der Waals surface area contributed by atoms with E-state index in [9.17, 15) is 26.4 Å². The van der Waals surface area contributed by atoms with Crippen molar-refractivity contribution in [3.05, 3.63) is 34.9 Å². The molecule has 0 aliphatic heterocycles. The van der Waals surface area contributed by atoms with Crippen LogP contribution < -0.4 is 4.72 Å². The maximum Gasteiger partial charge on any atom is 0.516 e. The van der Waals surface area contributed by atoms with Crippen molar-refractivity contribution in [1.82, 2.24) is 4.72 Å². The first-order valence-electron chi connectivity index (χ1n) is 5.96. The predicted octanol–water partition coefficient (Wildman–Crippen LogP) is 2.14. The van der Waals surface area contributed by atoms with Gasteiger partial charge in [-0.15, -0.1) is 0 Å². The summed E-state index contributed by atoms with van der Waals surface area (Å²) in [6, 6.07) is 4.45. The summed E-state index contributed by atoms with van der Waals surface area (Å²) < 4.78 is 59.3. The Morgan fingerprint density at radius 3 is 2.30 bits per heavy atom. The van der Waals surface area contributed by atoms with Crippen molar-refractivity contribution in [2.45, 2.75) is 31.2 Å². The molecule has 2 rings (SSSR count). The predicted molar refractivity (Wildman–Crippen MR) is 65.5 cm³/mol. The number of sulfonamides is 1. The quantitative estimate of drug-likeness (QED) is 0.910. The van der Waals surface area contributed by atoms with Crippen LogP contribution in [0.1, 0.15) is 34.3 Å². The van der Waals surface area contributed by atoms with Crippen LogP contribution >= 0.6 is 0 Å². The van der Waals surface area contributed by atoms with Crippen LogP contribution in [0.2, 0.25) is 0 Å². The van der Waals surface area contributed by atoms with Gasteiger partial charge in [-0.25, -0.2) is 4.72 Å². The van der Waals surface area contributed by atoms with E-state index in [0.29, 0.717) is 0 Å². The molecule has 0 heterocycles. The summed E-state index contributed by atoms with van der Waals surface area (Å²) in [5, 5.41) is 0. The second-order valence-corrected chi connectivity index (χ2v) is 6.24. The van der Waals surface area contributed by atoms with E-state index in [0.717, 1.165) is 41.5 Å². The van der Waals surface area contributed by atoms with Gasteiger partial charge in [0, 0.05) is 5.56 Å². The lowest BCUT2D eigenvalue weighted by molar-refractivity contribution is -0.0446. The van der Waals surface area contributed by atoms with Gasteiger partial charge in [-0.05, 0) is 48.9 Å². The van der Waals surface area contributed by atoms with Gasteiger partial charge in [-0.3, -0.25) is 4.79 Å². The molecule has 0 saturated carbocycles. The minimum atomic E-state index is -5.67. The number of nitrogens with one attached hydrogen (secondary N) is 1. The molecule has 1 N–H and O–H groups in total. The molecule has 0 bridgehead atoms. The molecule has 0 atom stereocenters. The van der Waals surface area contributed by atoms with E-state index in [2.05, 4.69) is 0 Å². The Balaban J connectivity index is 2.22. The number of alkyl halides is 3. The summed E-state index contributed by atoms with van der Waals surface area (Å²) in [5.41, 5.74) is -3.66. The first kappa shape index (κ1) is 14.8. The molecule has 0 spiro atoms. The largest absolute Gasteiger partial charge is 0.516 e. The van der Waals surface area contributed by atoms with Gasteiger partial charge >= 0.3 is 15.5 Å². The molecule has 1 aliphatic carbocycles. The van der Waals surface area contributed by atoms with Crippen LogP contribution in [0.4, 0.5) is 13.2 Å². The van der Waals surface area contributed by atoms with Crippen molar-refractivity contribution >= 4 is 15.9 Å². The Bertz CT molecular complexity index is 638. The second-order valence-electron chi connectivity index (χ2n) is 4.57. The van der Waals surface area contributed by atoms with Crippen LogP contribution in [0.3, 0.4) is 0 Å². The van der Waals surface area contributed by atoms with Gasteiger partial charge in [0.1, 0.15) is 0 Å². The molecule has 0 saturated heterocycles. The summed E-state index contributed by atoms with van der Waals surface area (Å²) in [5.74, 6) is -1.27.